The van der Waals surface area contributed by atoms with Crippen LogP contribution >= 0.6 is 57.7 Å². The summed E-state index contributed by atoms with van der Waals surface area (Å²) >= 11 is 25.1. The number of nitrogens with zero attached hydrogens (tertiary/aromatic N) is 1. The van der Waals surface area contributed by atoms with Crippen molar-refractivity contribution in [3.63, 3.8) is 0 Å². The van der Waals surface area contributed by atoms with E-state index in [9.17, 15) is 17.6 Å². The normalized spacial score (nSPS) is 14.3. The van der Waals surface area contributed by atoms with Gasteiger partial charge in [0.15, 0.2) is 0 Å². The first-order valence-electron chi connectivity index (χ1n) is 12.5. The van der Waals surface area contributed by atoms with Gasteiger partial charge in [-0.25, -0.2) is 17.5 Å². The van der Waals surface area contributed by atoms with Gasteiger partial charge in [-0.05, 0) is 73.2 Å². The number of aromatic nitrogens is 1. The van der Waals surface area contributed by atoms with Crippen molar-refractivity contribution in [2.75, 3.05) is 0 Å². The molecule has 1 aliphatic carbocycles. The average Bonchev–Trinajstić information content (AvgIpc) is 3.35. The van der Waals surface area contributed by atoms with E-state index >= 15 is 0 Å². The van der Waals surface area contributed by atoms with Gasteiger partial charge < -0.3 is 4.57 Å². The minimum Gasteiger partial charge on any atom is -0.339 e. The predicted octanol–water partition coefficient (Wildman–Crippen LogP) is 8.68. The zero-order chi connectivity index (χ0) is 28.6. The van der Waals surface area contributed by atoms with E-state index in [-0.39, 0.29) is 13.6 Å². The number of aryl methyl sites for hydroxylation is 1. The molecule has 0 spiro atoms. The molecule has 0 atom stereocenters. The number of sulfonamides is 1. The van der Waals surface area contributed by atoms with E-state index in [4.69, 9.17) is 46.4 Å². The molecule has 0 saturated heterocycles. The first-order chi connectivity index (χ1) is 19.0. The summed E-state index contributed by atoms with van der Waals surface area (Å²) in [6, 6.07) is 9.37. The van der Waals surface area contributed by atoms with Gasteiger partial charge in [0.2, 0.25) is 0 Å². The topological polar surface area (TPSA) is 68.2 Å². The molecule has 0 unspecified atom stereocenters. The number of rotatable bonds is 6. The molecule has 5 nitrogen and oxygen atoms in total. The number of thiophene rings is 1. The summed E-state index contributed by atoms with van der Waals surface area (Å²) in [4.78, 5) is 12.7. The van der Waals surface area contributed by atoms with Crippen LogP contribution in [0.15, 0.2) is 46.7 Å². The van der Waals surface area contributed by atoms with E-state index in [0.29, 0.717) is 22.2 Å². The Morgan fingerprint density at radius 2 is 1.75 bits per heavy atom. The third kappa shape index (κ3) is 6.22. The predicted molar refractivity (Wildman–Crippen MR) is 162 cm³/mol. The van der Waals surface area contributed by atoms with Gasteiger partial charge in [-0.15, -0.1) is 11.3 Å². The minimum absolute atomic E-state index is 0.0781. The van der Waals surface area contributed by atoms with E-state index in [2.05, 4.69) is 4.57 Å². The fraction of sp³-hybridized carbons (Fsp3) is 0.250. The lowest BCUT2D eigenvalue weighted by Crippen LogP contribution is -2.28. The highest BCUT2D eigenvalue weighted by atomic mass is 35.5. The molecule has 40 heavy (non-hydrogen) atoms. The Bertz CT molecular complexity index is 1740. The number of hydrogen-bond donors (Lipinski definition) is 1. The summed E-state index contributed by atoms with van der Waals surface area (Å²) in [6.07, 6.45) is 8.35. The zero-order valence-electron chi connectivity index (χ0n) is 20.9. The number of amides is 1. The molecule has 2 aromatic heterocycles. The highest BCUT2D eigenvalue weighted by Crippen LogP contribution is 2.36. The second-order valence-corrected chi connectivity index (χ2v) is 14.4. The van der Waals surface area contributed by atoms with Crippen molar-refractivity contribution in [3.8, 4) is 0 Å². The Hall–Kier alpha value is -2.07. The average molecular weight is 660 g/mol. The molecule has 1 N–H and O–H groups in total. The quantitative estimate of drug-likeness (QED) is 0.211. The molecule has 0 fully saturated rings. The summed E-state index contributed by atoms with van der Waals surface area (Å²) in [5.41, 5.74) is 4.25. The lowest BCUT2D eigenvalue weighted by atomic mass is 9.96. The van der Waals surface area contributed by atoms with E-state index in [1.807, 2.05) is 10.8 Å². The van der Waals surface area contributed by atoms with Gasteiger partial charge in [0, 0.05) is 39.3 Å². The summed E-state index contributed by atoms with van der Waals surface area (Å²) < 4.78 is 44.3. The third-order valence-corrected chi connectivity index (χ3v) is 11.1. The van der Waals surface area contributed by atoms with E-state index < -0.39 is 21.7 Å². The molecule has 0 saturated carbocycles. The van der Waals surface area contributed by atoms with E-state index in [0.717, 1.165) is 83.7 Å². The highest BCUT2D eigenvalue weighted by molar-refractivity contribution is 7.92. The second-order valence-electron chi connectivity index (χ2n) is 9.54. The van der Waals surface area contributed by atoms with Crippen molar-refractivity contribution >= 4 is 90.6 Å². The van der Waals surface area contributed by atoms with Crippen LogP contribution in [0.3, 0.4) is 0 Å². The zero-order valence-corrected chi connectivity index (χ0v) is 25.6. The summed E-state index contributed by atoms with van der Waals surface area (Å²) in [6.45, 7) is 0.425. The Balaban J connectivity index is 1.57. The lowest BCUT2D eigenvalue weighted by molar-refractivity contribution is -0.114. The Labute approximate surface area is 255 Å². The van der Waals surface area contributed by atoms with Gasteiger partial charge in [0.05, 0.1) is 10.5 Å². The molecular formula is C28H23Cl4FN2O3S2. The number of benzene rings is 2. The Morgan fingerprint density at radius 3 is 2.45 bits per heavy atom. The smallest absolute Gasteiger partial charge is 0.273 e. The van der Waals surface area contributed by atoms with Crippen molar-refractivity contribution < 1.29 is 17.6 Å². The number of hydrogen-bond acceptors (Lipinski definition) is 4. The van der Waals surface area contributed by atoms with Gasteiger partial charge in [0.25, 0.3) is 15.9 Å². The number of halogens is 5. The highest BCUT2D eigenvalue weighted by Gasteiger charge is 2.23. The summed E-state index contributed by atoms with van der Waals surface area (Å²) in [7, 11) is -4.19. The van der Waals surface area contributed by atoms with Crippen LogP contribution in [0.4, 0.5) is 4.39 Å². The SMILES string of the molecule is O=C(/C=C/c1cc(F)cc2c3c(n(Cc4ccc(Cl)cc4Cl)c12)CCCCCC3)NS(=O)(=O)c1cc(Cl)c(Cl)s1. The van der Waals surface area contributed by atoms with Crippen molar-refractivity contribution in [2.45, 2.75) is 49.3 Å². The van der Waals surface area contributed by atoms with Crippen molar-refractivity contribution in [2.24, 2.45) is 0 Å². The van der Waals surface area contributed by atoms with Gasteiger partial charge in [-0.3, -0.25) is 4.79 Å². The molecule has 210 valence electrons. The summed E-state index contributed by atoms with van der Waals surface area (Å²) in [5, 5.41) is 1.90. The van der Waals surface area contributed by atoms with E-state index in [1.54, 1.807) is 12.1 Å². The Morgan fingerprint density at radius 1 is 1.00 bits per heavy atom. The molecular weight excluding hydrogens is 637 g/mol. The molecule has 12 heteroatoms. The lowest BCUT2D eigenvalue weighted by Gasteiger charge is -2.16. The second kappa shape index (κ2) is 12.0. The maximum atomic E-state index is 15.0. The van der Waals surface area contributed by atoms with Gasteiger partial charge in [-0.1, -0.05) is 65.3 Å². The molecule has 1 amide bonds. The largest absolute Gasteiger partial charge is 0.339 e. The van der Waals surface area contributed by atoms with Crippen molar-refractivity contribution in [3.05, 3.63) is 90.1 Å². The van der Waals surface area contributed by atoms with Crippen LogP contribution in [0.5, 0.6) is 0 Å². The first kappa shape index (κ1) is 29.4. The molecule has 0 radical (unpaired) electrons. The van der Waals surface area contributed by atoms with Crippen LogP contribution in [0, 0.1) is 5.82 Å². The number of nitrogens with one attached hydrogen (secondary N) is 1. The molecule has 0 aliphatic heterocycles. The van der Waals surface area contributed by atoms with Crippen LogP contribution in [0.25, 0.3) is 17.0 Å². The fourth-order valence-corrected chi connectivity index (χ4v) is 8.37. The third-order valence-electron chi connectivity index (χ3n) is 6.84. The maximum Gasteiger partial charge on any atom is 0.273 e. The van der Waals surface area contributed by atoms with Crippen molar-refractivity contribution in [1.82, 2.24) is 9.29 Å². The molecule has 2 heterocycles. The molecule has 0 bridgehead atoms. The molecule has 5 rings (SSSR count). The number of fused-ring (bicyclic) bond motifs is 3. The van der Waals surface area contributed by atoms with Crippen molar-refractivity contribution in [1.29, 1.82) is 0 Å². The minimum atomic E-state index is -4.19. The van der Waals surface area contributed by atoms with Gasteiger partial charge in [-0.2, -0.15) is 0 Å². The van der Waals surface area contributed by atoms with Crippen LogP contribution in [-0.2, 0) is 34.2 Å². The monoisotopic (exact) mass is 658 g/mol. The fourth-order valence-electron chi connectivity index (χ4n) is 5.08. The van der Waals surface area contributed by atoms with Crippen LogP contribution in [0.2, 0.25) is 19.4 Å². The number of carbonyl (C=O) groups excluding carboxylic acids is 1. The molecule has 1 aliphatic rings. The number of carbonyl (C=O) groups is 1. The maximum absolute atomic E-state index is 15.0. The van der Waals surface area contributed by atoms with Gasteiger partial charge >= 0.3 is 0 Å². The Kier molecular flexibility index (Phi) is 8.86. The van der Waals surface area contributed by atoms with E-state index in [1.165, 1.54) is 24.3 Å². The standard InChI is InChI=1S/C28H23Cl4FN2O3S2/c29-18-9-7-17(22(30)12-18)15-35-24-6-4-2-1-3-5-20(24)21-13-19(33)11-16(27(21)35)8-10-25(36)34-40(37,38)26-14-23(31)28(32)39-26/h7-14H,1-6,15H2,(H,34,36)/b10-8+. The van der Waals surface area contributed by atoms with Crippen LogP contribution < -0.4 is 4.72 Å². The molecule has 2 aromatic carbocycles. The van der Waals surface area contributed by atoms with Crippen LogP contribution in [-0.4, -0.2) is 18.9 Å². The molecule has 4 aromatic rings. The first-order valence-corrected chi connectivity index (χ1v) is 16.3. The summed E-state index contributed by atoms with van der Waals surface area (Å²) in [5.74, 6) is -1.34. The van der Waals surface area contributed by atoms with Crippen LogP contribution in [0.1, 0.15) is 48.1 Å². The van der Waals surface area contributed by atoms with Gasteiger partial charge in [0.1, 0.15) is 14.4 Å².